The third kappa shape index (κ3) is 3.90. The van der Waals surface area contributed by atoms with Crippen LogP contribution in [0.1, 0.15) is 23.5 Å². The second-order valence-corrected chi connectivity index (χ2v) is 8.46. The Kier molecular flexibility index (Phi) is 5.66. The van der Waals surface area contributed by atoms with Crippen molar-refractivity contribution in [2.75, 3.05) is 12.0 Å². The molecule has 0 amide bonds. The second-order valence-electron chi connectivity index (χ2n) is 7.63. The van der Waals surface area contributed by atoms with Gasteiger partial charge in [0, 0.05) is 34.9 Å². The Morgan fingerprint density at radius 3 is 2.73 bits per heavy atom. The van der Waals surface area contributed by atoms with E-state index in [4.69, 9.17) is 28.6 Å². The summed E-state index contributed by atoms with van der Waals surface area (Å²) in [6.45, 7) is 0. The lowest BCUT2D eigenvalue weighted by atomic mass is 10.0. The van der Waals surface area contributed by atoms with E-state index in [1.165, 1.54) is 0 Å². The highest BCUT2D eigenvalue weighted by Gasteiger charge is 2.43. The monoisotopic (exact) mass is 476 g/mol. The van der Waals surface area contributed by atoms with Crippen LogP contribution in [0.5, 0.6) is 11.5 Å². The van der Waals surface area contributed by atoms with Gasteiger partial charge < -0.3 is 24.6 Å². The topological polar surface area (TPSA) is 62.5 Å². The number of thiocarbonyl (C=S) groups is 1. The molecule has 1 saturated heterocycles. The Bertz CT molecular complexity index is 1310. The smallest absolute Gasteiger partial charge is 0.174 e. The molecule has 0 bridgehead atoms. The molecule has 1 fully saturated rings. The van der Waals surface area contributed by atoms with Crippen molar-refractivity contribution in [1.82, 2.24) is 14.9 Å². The van der Waals surface area contributed by atoms with Crippen LogP contribution in [-0.4, -0.2) is 26.9 Å². The fourth-order valence-electron chi connectivity index (χ4n) is 4.23. The van der Waals surface area contributed by atoms with Gasteiger partial charge in [0.05, 0.1) is 24.5 Å². The molecule has 0 radical (unpaired) electrons. The molecule has 0 unspecified atom stereocenters. The summed E-state index contributed by atoms with van der Waals surface area (Å²) in [5, 5.41) is 15.1. The van der Waals surface area contributed by atoms with Gasteiger partial charge in [0.2, 0.25) is 0 Å². The quantitative estimate of drug-likeness (QED) is 0.375. The predicted octanol–water partition coefficient (Wildman–Crippen LogP) is 5.42. The van der Waals surface area contributed by atoms with Gasteiger partial charge in [-0.2, -0.15) is 0 Å². The maximum absolute atomic E-state index is 10.7. The molecular weight excluding hydrogens is 456 g/mol. The molecule has 2 N–H and O–H groups in total. The summed E-state index contributed by atoms with van der Waals surface area (Å²) in [4.78, 5) is 6.49. The number of pyridine rings is 1. The standard InChI is InChI=1S/C25H21ClN4O2S/c1-32-18-7-4-6-17(15-18)29-13-5-9-20(29)24-23(19-8-2-3-12-27-19)28-25(33)30(24)21-14-16(26)10-11-22(21)31/h2-15,23-24,31H,1H3,(H,28,33)/t23-,24+/m0/s1. The molecule has 2 aromatic heterocycles. The van der Waals surface area contributed by atoms with Crippen molar-refractivity contribution >= 4 is 34.6 Å². The van der Waals surface area contributed by atoms with Crippen LogP contribution < -0.4 is 15.0 Å². The van der Waals surface area contributed by atoms with Gasteiger partial charge in [-0.1, -0.05) is 23.7 Å². The molecule has 3 heterocycles. The molecule has 4 aromatic rings. The maximum atomic E-state index is 10.7. The van der Waals surface area contributed by atoms with Gasteiger partial charge in [-0.05, 0) is 66.8 Å². The van der Waals surface area contributed by atoms with Crippen LogP contribution in [-0.2, 0) is 0 Å². The third-order valence-corrected chi connectivity index (χ3v) is 6.26. The molecule has 1 aliphatic rings. The molecule has 5 rings (SSSR count). The number of phenols is 1. The lowest BCUT2D eigenvalue weighted by molar-refractivity contribution is 0.414. The van der Waals surface area contributed by atoms with Crippen LogP contribution in [0.3, 0.4) is 0 Å². The fourth-order valence-corrected chi connectivity index (χ4v) is 4.74. The number of hydrogen-bond donors (Lipinski definition) is 2. The summed E-state index contributed by atoms with van der Waals surface area (Å²) in [5.74, 6) is 0.854. The molecule has 2 atom stereocenters. The van der Waals surface area contributed by atoms with Crippen LogP contribution in [0.25, 0.3) is 5.69 Å². The lowest BCUT2D eigenvalue weighted by Gasteiger charge is -2.29. The molecule has 0 spiro atoms. The zero-order valence-corrected chi connectivity index (χ0v) is 19.3. The van der Waals surface area contributed by atoms with E-state index in [0.717, 1.165) is 22.8 Å². The second kappa shape index (κ2) is 8.77. The first-order valence-electron chi connectivity index (χ1n) is 10.4. The number of benzene rings is 2. The van der Waals surface area contributed by atoms with Crippen LogP contribution in [0.15, 0.2) is 85.2 Å². The minimum Gasteiger partial charge on any atom is -0.506 e. The average Bonchev–Trinajstić information content (AvgIpc) is 3.45. The number of aromatic nitrogens is 2. The van der Waals surface area contributed by atoms with Crippen molar-refractivity contribution in [2.45, 2.75) is 12.1 Å². The van der Waals surface area contributed by atoms with Crippen molar-refractivity contribution in [3.8, 4) is 17.2 Å². The number of hydrogen-bond acceptors (Lipinski definition) is 4. The van der Waals surface area contributed by atoms with Gasteiger partial charge in [-0.25, -0.2) is 0 Å². The van der Waals surface area contributed by atoms with E-state index in [1.807, 2.05) is 65.7 Å². The predicted molar refractivity (Wildman–Crippen MR) is 133 cm³/mol. The SMILES string of the molecule is COc1cccc(-n2cccc2[C@@H]2[C@H](c3ccccn3)NC(=S)N2c2cc(Cl)ccc2O)c1. The van der Waals surface area contributed by atoms with E-state index in [9.17, 15) is 5.11 Å². The first kappa shape index (κ1) is 21.3. The third-order valence-electron chi connectivity index (χ3n) is 5.71. The summed E-state index contributed by atoms with van der Waals surface area (Å²) < 4.78 is 7.52. The van der Waals surface area contributed by atoms with Gasteiger partial charge >= 0.3 is 0 Å². The van der Waals surface area contributed by atoms with Crippen molar-refractivity contribution in [3.63, 3.8) is 0 Å². The summed E-state index contributed by atoms with van der Waals surface area (Å²) in [5.41, 5.74) is 3.28. The molecule has 1 aliphatic heterocycles. The minimum absolute atomic E-state index is 0.0923. The molecule has 2 aromatic carbocycles. The Hall–Kier alpha value is -3.55. The molecule has 33 heavy (non-hydrogen) atoms. The summed E-state index contributed by atoms with van der Waals surface area (Å²) >= 11 is 12.1. The van der Waals surface area contributed by atoms with E-state index in [2.05, 4.69) is 14.9 Å². The maximum Gasteiger partial charge on any atom is 0.174 e. The van der Waals surface area contributed by atoms with E-state index < -0.39 is 0 Å². The number of aromatic hydroxyl groups is 1. The molecule has 8 heteroatoms. The fraction of sp³-hybridized carbons (Fsp3) is 0.120. The molecular formula is C25H21ClN4O2S. The highest BCUT2D eigenvalue weighted by Crippen LogP contribution is 2.45. The van der Waals surface area contributed by atoms with Crippen molar-refractivity contribution < 1.29 is 9.84 Å². The minimum atomic E-state index is -0.307. The van der Waals surface area contributed by atoms with E-state index in [1.54, 1.807) is 31.5 Å². The number of methoxy groups -OCH3 is 1. The summed E-state index contributed by atoms with van der Waals surface area (Å²) in [6.07, 6.45) is 3.76. The molecule has 0 saturated carbocycles. The van der Waals surface area contributed by atoms with Gasteiger partial charge in [-0.15, -0.1) is 0 Å². The van der Waals surface area contributed by atoms with Gasteiger partial charge in [-0.3, -0.25) is 4.98 Å². The van der Waals surface area contributed by atoms with Crippen molar-refractivity contribution in [2.24, 2.45) is 0 Å². The molecule has 6 nitrogen and oxygen atoms in total. The van der Waals surface area contributed by atoms with Gasteiger partial charge in [0.25, 0.3) is 0 Å². The van der Waals surface area contributed by atoms with Crippen LogP contribution in [0.4, 0.5) is 5.69 Å². The van der Waals surface area contributed by atoms with E-state index in [0.29, 0.717) is 15.8 Å². The zero-order valence-electron chi connectivity index (χ0n) is 17.7. The Morgan fingerprint density at radius 2 is 1.94 bits per heavy atom. The number of nitrogens with zero attached hydrogens (tertiary/aromatic N) is 3. The number of ether oxygens (including phenoxy) is 1. The Balaban J connectivity index is 1.69. The van der Waals surface area contributed by atoms with Crippen LogP contribution in [0.2, 0.25) is 5.02 Å². The number of anilines is 1. The van der Waals surface area contributed by atoms with Crippen LogP contribution >= 0.6 is 23.8 Å². The van der Waals surface area contributed by atoms with Gasteiger partial charge in [0.15, 0.2) is 5.11 Å². The van der Waals surface area contributed by atoms with Crippen LogP contribution in [0, 0.1) is 0 Å². The summed E-state index contributed by atoms with van der Waals surface area (Å²) in [6, 6.07) is 22.1. The number of rotatable bonds is 5. The van der Waals surface area contributed by atoms with Gasteiger partial charge in [0.1, 0.15) is 17.5 Å². The average molecular weight is 477 g/mol. The van der Waals surface area contributed by atoms with Crippen molar-refractivity contribution in [1.29, 1.82) is 0 Å². The number of phenolic OH excluding ortho intramolecular Hbond substituents is 1. The largest absolute Gasteiger partial charge is 0.506 e. The highest BCUT2D eigenvalue weighted by atomic mass is 35.5. The first-order valence-corrected chi connectivity index (χ1v) is 11.2. The van der Waals surface area contributed by atoms with E-state index >= 15 is 0 Å². The summed E-state index contributed by atoms with van der Waals surface area (Å²) in [7, 11) is 1.65. The Morgan fingerprint density at radius 1 is 1.06 bits per heavy atom. The molecule has 166 valence electrons. The lowest BCUT2D eigenvalue weighted by Crippen LogP contribution is -2.30. The van der Waals surface area contributed by atoms with Crippen molar-refractivity contribution in [3.05, 3.63) is 102 Å². The zero-order chi connectivity index (χ0) is 22.9. The number of nitrogens with one attached hydrogen (secondary N) is 1. The number of halogens is 1. The van der Waals surface area contributed by atoms with E-state index in [-0.39, 0.29) is 17.8 Å². The Labute approximate surface area is 202 Å². The first-order chi connectivity index (χ1) is 16.1. The normalized spacial score (nSPS) is 17.8. The highest BCUT2D eigenvalue weighted by molar-refractivity contribution is 7.80. The molecule has 0 aliphatic carbocycles.